The van der Waals surface area contributed by atoms with Gasteiger partial charge in [0.05, 0.1) is 0 Å². The third kappa shape index (κ3) is 3.33. The molecule has 0 spiro atoms. The quantitative estimate of drug-likeness (QED) is 0.781. The maximum absolute atomic E-state index is 12.2. The molecule has 1 aromatic rings. The van der Waals surface area contributed by atoms with Crippen LogP contribution >= 0.6 is 0 Å². The number of hydrogen-bond acceptors (Lipinski definition) is 2. The summed E-state index contributed by atoms with van der Waals surface area (Å²) in [7, 11) is 0. The van der Waals surface area contributed by atoms with E-state index in [-0.39, 0.29) is 11.9 Å². The van der Waals surface area contributed by atoms with Crippen LogP contribution < -0.4 is 0 Å². The molecule has 16 heavy (non-hydrogen) atoms. The summed E-state index contributed by atoms with van der Waals surface area (Å²) >= 11 is 0. The molecule has 3 heteroatoms. The van der Waals surface area contributed by atoms with E-state index in [0.717, 1.165) is 6.54 Å². The van der Waals surface area contributed by atoms with Crippen molar-refractivity contribution in [3.8, 4) is 0 Å². The van der Waals surface area contributed by atoms with Crippen molar-refractivity contribution in [1.29, 1.82) is 0 Å². The molecule has 0 saturated heterocycles. The molecule has 0 bridgehead atoms. The number of nitrogens with zero attached hydrogens (tertiary/aromatic N) is 2. The molecule has 88 valence electrons. The smallest absolute Gasteiger partial charge is 0.272 e. The maximum Gasteiger partial charge on any atom is 0.272 e. The third-order valence-corrected chi connectivity index (χ3v) is 2.33. The van der Waals surface area contributed by atoms with Crippen LogP contribution in [0.5, 0.6) is 0 Å². The topological polar surface area (TPSA) is 33.2 Å². The van der Waals surface area contributed by atoms with Crippen molar-refractivity contribution in [3.05, 3.63) is 30.1 Å². The number of amides is 1. The minimum Gasteiger partial charge on any atom is -0.335 e. The summed E-state index contributed by atoms with van der Waals surface area (Å²) in [4.78, 5) is 18.2. The predicted octanol–water partition coefficient (Wildman–Crippen LogP) is 2.59. The van der Waals surface area contributed by atoms with Crippen molar-refractivity contribution in [3.63, 3.8) is 0 Å². The van der Waals surface area contributed by atoms with Gasteiger partial charge in [-0.05, 0) is 31.9 Å². The van der Waals surface area contributed by atoms with Crippen LogP contribution in [0.15, 0.2) is 24.4 Å². The Morgan fingerprint density at radius 1 is 1.31 bits per heavy atom. The number of pyridine rings is 1. The van der Waals surface area contributed by atoms with Crippen molar-refractivity contribution in [2.75, 3.05) is 6.54 Å². The maximum atomic E-state index is 12.2. The van der Waals surface area contributed by atoms with Gasteiger partial charge in [-0.1, -0.05) is 19.9 Å². The average molecular weight is 220 g/mol. The summed E-state index contributed by atoms with van der Waals surface area (Å²) in [6, 6.07) is 5.63. The summed E-state index contributed by atoms with van der Waals surface area (Å²) in [5, 5.41) is 0. The van der Waals surface area contributed by atoms with Crippen LogP contribution in [0, 0.1) is 5.92 Å². The highest BCUT2D eigenvalue weighted by Crippen LogP contribution is 2.09. The molecule has 0 N–H and O–H groups in total. The first-order chi connectivity index (χ1) is 7.52. The minimum absolute atomic E-state index is 0.0179. The fraction of sp³-hybridized carbons (Fsp3) is 0.538. The van der Waals surface area contributed by atoms with Crippen LogP contribution in [0.1, 0.15) is 38.2 Å². The Hall–Kier alpha value is -1.38. The van der Waals surface area contributed by atoms with Crippen molar-refractivity contribution >= 4 is 5.91 Å². The molecule has 1 aromatic heterocycles. The van der Waals surface area contributed by atoms with Crippen molar-refractivity contribution < 1.29 is 4.79 Å². The van der Waals surface area contributed by atoms with Gasteiger partial charge in [-0.25, -0.2) is 0 Å². The third-order valence-electron chi connectivity index (χ3n) is 2.33. The van der Waals surface area contributed by atoms with Gasteiger partial charge in [-0.3, -0.25) is 9.78 Å². The number of aromatic nitrogens is 1. The summed E-state index contributed by atoms with van der Waals surface area (Å²) in [5.74, 6) is 0.486. The SMILES string of the molecule is CC(C)CN(C(=O)c1ccccn1)C(C)C. The normalized spacial score (nSPS) is 10.9. The molecule has 0 saturated carbocycles. The largest absolute Gasteiger partial charge is 0.335 e. The second kappa shape index (κ2) is 5.64. The Bertz CT molecular complexity index is 333. The van der Waals surface area contributed by atoms with Gasteiger partial charge in [0.15, 0.2) is 0 Å². The van der Waals surface area contributed by atoms with Gasteiger partial charge >= 0.3 is 0 Å². The van der Waals surface area contributed by atoms with Crippen LogP contribution in [0.25, 0.3) is 0 Å². The summed E-state index contributed by atoms with van der Waals surface area (Å²) in [5.41, 5.74) is 0.525. The second-order valence-electron chi connectivity index (χ2n) is 4.66. The fourth-order valence-electron chi connectivity index (χ4n) is 1.56. The molecule has 0 aliphatic heterocycles. The van der Waals surface area contributed by atoms with Crippen molar-refractivity contribution in [1.82, 2.24) is 9.88 Å². The Kier molecular flexibility index (Phi) is 4.47. The Morgan fingerprint density at radius 3 is 2.44 bits per heavy atom. The van der Waals surface area contributed by atoms with Crippen LogP contribution in [0.2, 0.25) is 0 Å². The fourth-order valence-corrected chi connectivity index (χ4v) is 1.56. The summed E-state index contributed by atoms with van der Waals surface area (Å²) in [6.07, 6.45) is 1.65. The lowest BCUT2D eigenvalue weighted by molar-refractivity contribution is 0.0676. The van der Waals surface area contributed by atoms with Crippen LogP contribution in [0.3, 0.4) is 0 Å². The zero-order valence-corrected chi connectivity index (χ0v) is 10.5. The zero-order valence-electron chi connectivity index (χ0n) is 10.5. The van der Waals surface area contributed by atoms with E-state index < -0.39 is 0 Å². The van der Waals surface area contributed by atoms with E-state index in [9.17, 15) is 4.79 Å². The molecule has 3 nitrogen and oxygen atoms in total. The Labute approximate surface area is 97.5 Å². The van der Waals surface area contributed by atoms with Gasteiger partial charge < -0.3 is 4.90 Å². The number of rotatable bonds is 4. The lowest BCUT2D eigenvalue weighted by atomic mass is 10.1. The molecule has 1 heterocycles. The zero-order chi connectivity index (χ0) is 12.1. The molecule has 0 atom stereocenters. The van der Waals surface area contributed by atoms with Gasteiger partial charge in [0.1, 0.15) is 5.69 Å². The number of carbonyl (C=O) groups excluding carboxylic acids is 1. The first-order valence-corrected chi connectivity index (χ1v) is 5.74. The standard InChI is InChI=1S/C13H20N2O/c1-10(2)9-15(11(3)4)13(16)12-7-5-6-8-14-12/h5-8,10-11H,9H2,1-4H3. The first kappa shape index (κ1) is 12.7. The highest BCUT2D eigenvalue weighted by Gasteiger charge is 2.20. The van der Waals surface area contributed by atoms with E-state index in [0.29, 0.717) is 11.6 Å². The monoisotopic (exact) mass is 220 g/mol. The Balaban J connectivity index is 2.83. The van der Waals surface area contributed by atoms with Crippen LogP contribution in [-0.2, 0) is 0 Å². The number of carbonyl (C=O) groups is 1. The first-order valence-electron chi connectivity index (χ1n) is 5.74. The van der Waals surface area contributed by atoms with E-state index in [4.69, 9.17) is 0 Å². The van der Waals surface area contributed by atoms with Gasteiger partial charge in [0.25, 0.3) is 5.91 Å². The molecular formula is C13H20N2O. The molecule has 0 aliphatic rings. The summed E-state index contributed by atoms with van der Waals surface area (Å²) in [6.45, 7) is 9.06. The van der Waals surface area contributed by atoms with Gasteiger partial charge in [-0.2, -0.15) is 0 Å². The van der Waals surface area contributed by atoms with Crippen LogP contribution in [-0.4, -0.2) is 28.4 Å². The Morgan fingerprint density at radius 2 is 2.00 bits per heavy atom. The average Bonchev–Trinajstić information content (AvgIpc) is 2.25. The second-order valence-corrected chi connectivity index (χ2v) is 4.66. The van der Waals surface area contributed by atoms with E-state index in [1.54, 1.807) is 12.3 Å². The van der Waals surface area contributed by atoms with Gasteiger partial charge in [0.2, 0.25) is 0 Å². The molecular weight excluding hydrogens is 200 g/mol. The predicted molar refractivity (Wildman–Crippen MR) is 65.2 cm³/mol. The molecule has 0 aromatic carbocycles. The van der Waals surface area contributed by atoms with E-state index in [2.05, 4.69) is 18.8 Å². The van der Waals surface area contributed by atoms with Crippen LogP contribution in [0.4, 0.5) is 0 Å². The summed E-state index contributed by atoms with van der Waals surface area (Å²) < 4.78 is 0. The molecule has 0 unspecified atom stereocenters. The minimum atomic E-state index is 0.0179. The lowest BCUT2D eigenvalue weighted by Crippen LogP contribution is -2.39. The molecule has 0 radical (unpaired) electrons. The van der Waals surface area contributed by atoms with Gasteiger partial charge in [0, 0.05) is 18.8 Å². The number of hydrogen-bond donors (Lipinski definition) is 0. The van der Waals surface area contributed by atoms with E-state index in [1.165, 1.54) is 0 Å². The highest BCUT2D eigenvalue weighted by atomic mass is 16.2. The lowest BCUT2D eigenvalue weighted by Gasteiger charge is -2.28. The molecule has 1 rings (SSSR count). The van der Waals surface area contributed by atoms with Crippen molar-refractivity contribution in [2.45, 2.75) is 33.7 Å². The van der Waals surface area contributed by atoms with Gasteiger partial charge in [-0.15, -0.1) is 0 Å². The molecule has 1 amide bonds. The van der Waals surface area contributed by atoms with E-state index in [1.807, 2.05) is 30.9 Å². The molecule has 0 fully saturated rings. The highest BCUT2D eigenvalue weighted by molar-refractivity contribution is 5.92. The molecule has 0 aliphatic carbocycles. The van der Waals surface area contributed by atoms with Crippen molar-refractivity contribution in [2.24, 2.45) is 5.92 Å². The van der Waals surface area contributed by atoms with E-state index >= 15 is 0 Å².